The summed E-state index contributed by atoms with van der Waals surface area (Å²) in [5.41, 5.74) is 0.969. The SMILES string of the molecule is FC(Cc1ccoc1)C1CCNCC1. The van der Waals surface area contributed by atoms with Gasteiger partial charge in [-0.2, -0.15) is 0 Å². The Morgan fingerprint density at radius 1 is 1.50 bits per heavy atom. The number of furan rings is 1. The van der Waals surface area contributed by atoms with Gasteiger partial charge in [0.25, 0.3) is 0 Å². The van der Waals surface area contributed by atoms with Crippen LogP contribution in [0.1, 0.15) is 18.4 Å². The molecule has 0 aliphatic carbocycles. The lowest BCUT2D eigenvalue weighted by atomic mass is 9.90. The molecule has 1 aromatic heterocycles. The fraction of sp³-hybridized carbons (Fsp3) is 0.636. The van der Waals surface area contributed by atoms with E-state index in [9.17, 15) is 4.39 Å². The van der Waals surface area contributed by atoms with Gasteiger partial charge in [0.1, 0.15) is 6.17 Å². The molecule has 1 aromatic rings. The molecule has 1 saturated heterocycles. The fourth-order valence-corrected chi connectivity index (χ4v) is 2.01. The molecule has 78 valence electrons. The number of nitrogens with one attached hydrogen (secondary N) is 1. The normalized spacial score (nSPS) is 20.9. The van der Waals surface area contributed by atoms with E-state index in [4.69, 9.17) is 4.42 Å². The second-order valence-corrected chi connectivity index (χ2v) is 3.94. The molecule has 0 amide bonds. The number of hydrogen-bond acceptors (Lipinski definition) is 2. The second kappa shape index (κ2) is 4.60. The summed E-state index contributed by atoms with van der Waals surface area (Å²) in [5, 5.41) is 3.24. The zero-order valence-electron chi connectivity index (χ0n) is 8.21. The van der Waals surface area contributed by atoms with Crippen LogP contribution in [0.5, 0.6) is 0 Å². The molecular weight excluding hydrogens is 181 g/mol. The monoisotopic (exact) mass is 197 g/mol. The topological polar surface area (TPSA) is 25.2 Å². The van der Waals surface area contributed by atoms with E-state index in [1.165, 1.54) is 0 Å². The van der Waals surface area contributed by atoms with Crippen LogP contribution in [-0.4, -0.2) is 19.3 Å². The van der Waals surface area contributed by atoms with E-state index in [1.807, 2.05) is 6.07 Å². The van der Waals surface area contributed by atoms with Crippen molar-refractivity contribution in [2.45, 2.75) is 25.4 Å². The molecule has 2 heterocycles. The minimum atomic E-state index is -0.713. The predicted molar refractivity (Wildman–Crippen MR) is 52.9 cm³/mol. The lowest BCUT2D eigenvalue weighted by Crippen LogP contribution is -2.33. The molecule has 0 aromatic carbocycles. The Balaban J connectivity index is 1.85. The number of alkyl halides is 1. The van der Waals surface area contributed by atoms with E-state index >= 15 is 0 Å². The lowest BCUT2D eigenvalue weighted by Gasteiger charge is -2.25. The lowest BCUT2D eigenvalue weighted by molar-refractivity contribution is 0.187. The first kappa shape index (κ1) is 9.71. The third kappa shape index (κ3) is 2.35. The maximum atomic E-state index is 13.8. The Kier molecular flexibility index (Phi) is 3.19. The van der Waals surface area contributed by atoms with Crippen molar-refractivity contribution < 1.29 is 8.81 Å². The first-order valence-corrected chi connectivity index (χ1v) is 5.22. The molecule has 1 aliphatic rings. The summed E-state index contributed by atoms with van der Waals surface area (Å²) in [4.78, 5) is 0. The quantitative estimate of drug-likeness (QED) is 0.803. The van der Waals surface area contributed by atoms with Crippen molar-refractivity contribution in [3.8, 4) is 0 Å². The van der Waals surface area contributed by atoms with Gasteiger partial charge in [0.05, 0.1) is 12.5 Å². The summed E-state index contributed by atoms with van der Waals surface area (Å²) in [6, 6.07) is 1.84. The van der Waals surface area contributed by atoms with Crippen molar-refractivity contribution in [3.05, 3.63) is 24.2 Å². The van der Waals surface area contributed by atoms with Gasteiger partial charge in [0.2, 0.25) is 0 Å². The van der Waals surface area contributed by atoms with Gasteiger partial charge in [-0.1, -0.05) is 0 Å². The summed E-state index contributed by atoms with van der Waals surface area (Å²) in [7, 11) is 0. The third-order valence-corrected chi connectivity index (χ3v) is 2.91. The van der Waals surface area contributed by atoms with Gasteiger partial charge in [-0.25, -0.2) is 4.39 Å². The van der Waals surface area contributed by atoms with Gasteiger partial charge in [0.15, 0.2) is 0 Å². The predicted octanol–water partition coefficient (Wildman–Crippen LogP) is 2.16. The van der Waals surface area contributed by atoms with Gasteiger partial charge in [-0.15, -0.1) is 0 Å². The number of rotatable bonds is 3. The fourth-order valence-electron chi connectivity index (χ4n) is 2.01. The highest BCUT2D eigenvalue weighted by atomic mass is 19.1. The molecule has 2 rings (SSSR count). The Morgan fingerprint density at radius 3 is 2.93 bits per heavy atom. The summed E-state index contributed by atoms with van der Waals surface area (Å²) in [5.74, 6) is 0.228. The minimum absolute atomic E-state index is 0.228. The highest BCUT2D eigenvalue weighted by Gasteiger charge is 2.23. The molecule has 0 saturated carbocycles. The van der Waals surface area contributed by atoms with Crippen LogP contribution in [0.3, 0.4) is 0 Å². The van der Waals surface area contributed by atoms with Crippen molar-refractivity contribution in [3.63, 3.8) is 0 Å². The molecular formula is C11H16FNO. The van der Waals surface area contributed by atoms with Gasteiger partial charge in [0, 0.05) is 6.42 Å². The van der Waals surface area contributed by atoms with Gasteiger partial charge in [-0.3, -0.25) is 0 Å². The van der Waals surface area contributed by atoms with Crippen molar-refractivity contribution in [1.29, 1.82) is 0 Å². The van der Waals surface area contributed by atoms with E-state index in [0.717, 1.165) is 31.5 Å². The van der Waals surface area contributed by atoms with Crippen LogP contribution in [0.4, 0.5) is 4.39 Å². The molecule has 3 heteroatoms. The molecule has 1 unspecified atom stereocenters. The van der Waals surface area contributed by atoms with Crippen LogP contribution in [0, 0.1) is 5.92 Å². The van der Waals surface area contributed by atoms with Crippen LogP contribution in [-0.2, 0) is 6.42 Å². The van der Waals surface area contributed by atoms with E-state index < -0.39 is 6.17 Å². The number of halogens is 1. The van der Waals surface area contributed by atoms with Crippen molar-refractivity contribution in [2.24, 2.45) is 5.92 Å². The summed E-state index contributed by atoms with van der Waals surface area (Å²) in [6.07, 6.45) is 4.94. The molecule has 2 nitrogen and oxygen atoms in total. The zero-order valence-corrected chi connectivity index (χ0v) is 8.21. The van der Waals surface area contributed by atoms with Gasteiger partial charge < -0.3 is 9.73 Å². The average Bonchev–Trinajstić information content (AvgIpc) is 2.72. The molecule has 1 N–H and O–H groups in total. The molecule has 0 bridgehead atoms. The summed E-state index contributed by atoms with van der Waals surface area (Å²) < 4.78 is 18.7. The highest BCUT2D eigenvalue weighted by Crippen LogP contribution is 2.22. The molecule has 0 spiro atoms. The molecule has 1 aliphatic heterocycles. The Labute approximate surface area is 83.5 Å². The van der Waals surface area contributed by atoms with Crippen LogP contribution in [0.25, 0.3) is 0 Å². The second-order valence-electron chi connectivity index (χ2n) is 3.94. The Morgan fingerprint density at radius 2 is 2.29 bits per heavy atom. The van der Waals surface area contributed by atoms with Crippen LogP contribution >= 0.6 is 0 Å². The average molecular weight is 197 g/mol. The largest absolute Gasteiger partial charge is 0.472 e. The first-order valence-electron chi connectivity index (χ1n) is 5.22. The number of hydrogen-bond donors (Lipinski definition) is 1. The minimum Gasteiger partial charge on any atom is -0.472 e. The molecule has 14 heavy (non-hydrogen) atoms. The summed E-state index contributed by atoms with van der Waals surface area (Å²) in [6.45, 7) is 1.91. The molecule has 1 atom stereocenters. The van der Waals surface area contributed by atoms with Crippen LogP contribution < -0.4 is 5.32 Å². The maximum Gasteiger partial charge on any atom is 0.107 e. The van der Waals surface area contributed by atoms with Crippen molar-refractivity contribution in [1.82, 2.24) is 5.32 Å². The van der Waals surface area contributed by atoms with E-state index in [1.54, 1.807) is 12.5 Å². The smallest absolute Gasteiger partial charge is 0.107 e. The van der Waals surface area contributed by atoms with Crippen LogP contribution in [0.15, 0.2) is 23.0 Å². The van der Waals surface area contributed by atoms with E-state index in [2.05, 4.69) is 5.32 Å². The zero-order chi connectivity index (χ0) is 9.80. The Bertz CT molecular complexity index is 254. The third-order valence-electron chi connectivity index (χ3n) is 2.91. The van der Waals surface area contributed by atoms with E-state index in [-0.39, 0.29) is 5.92 Å². The van der Waals surface area contributed by atoms with Gasteiger partial charge in [-0.05, 0) is 43.5 Å². The summed E-state index contributed by atoms with van der Waals surface area (Å²) >= 11 is 0. The van der Waals surface area contributed by atoms with E-state index in [0.29, 0.717) is 6.42 Å². The Hall–Kier alpha value is -0.830. The van der Waals surface area contributed by atoms with Crippen molar-refractivity contribution in [2.75, 3.05) is 13.1 Å². The highest BCUT2D eigenvalue weighted by molar-refractivity contribution is 5.07. The standard InChI is InChI=1S/C11H16FNO/c12-11(7-9-3-6-14-8-9)10-1-4-13-5-2-10/h3,6,8,10-11,13H,1-2,4-5,7H2. The number of piperidine rings is 1. The maximum absolute atomic E-state index is 13.8. The first-order chi connectivity index (χ1) is 6.86. The van der Waals surface area contributed by atoms with Gasteiger partial charge >= 0.3 is 0 Å². The van der Waals surface area contributed by atoms with Crippen molar-refractivity contribution >= 4 is 0 Å². The molecule has 1 fully saturated rings. The van der Waals surface area contributed by atoms with Crippen LogP contribution in [0.2, 0.25) is 0 Å². The molecule has 0 radical (unpaired) electrons.